The first-order valence-electron chi connectivity index (χ1n) is 44.8. The molecule has 4 heterocycles. The van der Waals surface area contributed by atoms with Crippen molar-refractivity contribution in [1.82, 2.24) is 39.3 Å². The fourth-order valence-corrected chi connectivity index (χ4v) is 24.1. The van der Waals surface area contributed by atoms with Crippen LogP contribution in [0.3, 0.4) is 0 Å². The van der Waals surface area contributed by atoms with Crippen molar-refractivity contribution >= 4 is 107 Å². The van der Waals surface area contributed by atoms with E-state index in [-0.39, 0.29) is 83.9 Å². The smallest absolute Gasteiger partial charge is 0.480 e. The Morgan fingerprint density at radius 1 is 0.519 bits per heavy atom. The van der Waals surface area contributed by atoms with Crippen molar-refractivity contribution < 1.29 is 126 Å². The van der Waals surface area contributed by atoms with Gasteiger partial charge in [-0.15, -0.1) is 0 Å². The number of hydrogen-bond donors (Lipinski definition) is 9. The summed E-state index contributed by atoms with van der Waals surface area (Å²) in [7, 11) is -17.2. The lowest BCUT2D eigenvalue weighted by atomic mass is 9.94. The van der Waals surface area contributed by atoms with Crippen molar-refractivity contribution in [2.75, 3.05) is 63.0 Å². The minimum atomic E-state index is -3.60. The van der Waals surface area contributed by atoms with Gasteiger partial charge in [0.05, 0.1) is 56.3 Å². The highest BCUT2D eigenvalue weighted by atomic mass is 32.2. The van der Waals surface area contributed by atoms with Crippen LogP contribution in [0.1, 0.15) is 202 Å². The summed E-state index contributed by atoms with van der Waals surface area (Å²) in [6, 6.07) is 45.8. The quantitative estimate of drug-likeness (QED) is 0.00861. The lowest BCUT2D eigenvalue weighted by molar-refractivity contribution is -0.154. The van der Waals surface area contributed by atoms with Gasteiger partial charge in [0.15, 0.2) is 0 Å². The van der Waals surface area contributed by atoms with E-state index in [2.05, 4.69) is 168 Å². The van der Waals surface area contributed by atoms with E-state index in [9.17, 15) is 81.5 Å². The minimum Gasteiger partial charge on any atom is -0.480 e. The second kappa shape index (κ2) is 56.6. The number of rotatable bonds is 25. The molecule has 0 radical (unpaired) electrons. The molecule has 0 bridgehead atoms. The summed E-state index contributed by atoms with van der Waals surface area (Å²) in [5.74, 6) is -2.65. The van der Waals surface area contributed by atoms with Gasteiger partial charge in [-0.25, -0.2) is 67.0 Å². The van der Waals surface area contributed by atoms with Crippen LogP contribution in [-0.4, -0.2) is 244 Å². The molecule has 0 aromatic heterocycles. The predicted octanol–water partition coefficient (Wildman–Crippen LogP) is 11.7. The number of carbonyl (C=O) groups excluding carboxylic acids is 6. The van der Waals surface area contributed by atoms with E-state index in [1.54, 1.807) is 90.0 Å². The highest BCUT2D eigenvalue weighted by Crippen LogP contribution is 2.38. The maximum Gasteiger partial charge on any atom is 0.519 e. The molecule has 9 rings (SSSR count). The van der Waals surface area contributed by atoms with Gasteiger partial charge in [-0.05, 0) is 191 Å². The summed E-state index contributed by atoms with van der Waals surface area (Å²) in [6.07, 6.45) is -0.395. The van der Waals surface area contributed by atoms with Crippen molar-refractivity contribution in [3.05, 3.63) is 168 Å². The van der Waals surface area contributed by atoms with Gasteiger partial charge >= 0.3 is 42.4 Å². The number of ether oxygens (including phenoxy) is 6. The second-order valence-corrected chi connectivity index (χ2v) is 48.9. The lowest BCUT2D eigenvalue weighted by Crippen LogP contribution is -2.67. The molecule has 9 N–H and O–H groups in total. The number of aliphatic hydroxyl groups excluding tert-OH is 1. The van der Waals surface area contributed by atoms with Crippen LogP contribution in [0, 0.1) is 17.8 Å². The van der Waals surface area contributed by atoms with Crippen LogP contribution in [0.4, 0.5) is 23.6 Å². The van der Waals surface area contributed by atoms with E-state index in [4.69, 9.17) is 39.7 Å². The maximum atomic E-state index is 13.4. The number of aliphatic hydroxyl groups is 1. The molecule has 0 spiro atoms. The first kappa shape index (κ1) is 118. The number of aldehydes is 1. The highest BCUT2D eigenvalue weighted by Gasteiger charge is 2.51. The van der Waals surface area contributed by atoms with Crippen molar-refractivity contribution in [3.8, 4) is 0 Å². The van der Waals surface area contributed by atoms with Crippen molar-refractivity contribution in [2.24, 2.45) is 17.8 Å². The molecule has 40 heteroatoms. The number of halogens is 1. The highest BCUT2D eigenvalue weighted by molar-refractivity contribution is 7.90. The van der Waals surface area contributed by atoms with Crippen LogP contribution in [0.5, 0.6) is 0 Å². The van der Waals surface area contributed by atoms with Gasteiger partial charge in [0.1, 0.15) is 53.4 Å². The number of carboxylic acid groups (broad SMARTS) is 2. The number of carbonyl (C=O) groups is 8. The van der Waals surface area contributed by atoms with E-state index in [0.717, 1.165) is 23.1 Å². The fraction of sp³-hybridized carbons (Fsp3) is 0.591. The molecule has 4 aliphatic rings. The zero-order valence-electron chi connectivity index (χ0n) is 81.9. The Bertz CT molecular complexity index is 4730. The van der Waals surface area contributed by atoms with E-state index in [0.29, 0.717) is 45.2 Å². The number of alkyl carbamates (subject to hydrolysis) is 2. The summed E-state index contributed by atoms with van der Waals surface area (Å²) in [4.78, 5) is 95.4. The standard InChI is InChI=1S/C28H33NO3.C22H31NO3SSi.C10H18N2O6S.C10H18N2O5S.C10H18O5.C6H11NO4S.C6H15N.CH3F/c1-23(12-11-19-30)27(28(31)32-22-26-17-9-4-10-18-26)29(20-24-13-5-2-6-14-24)21-25-15-7-3-8-16-25;1-18-15-16-27(24,25)23-21(18)17-26-28(22(2,3)4,19-11-7-5-8-12-19)20-13-9-6-10-14-20;1-10(2,3)18-9(15)11-6-4-5-19(16,17)12-7(6)8(13)14;1-10(2,3)17-9(14)11-7-4-5-18(15,16)12-8(7)6-13;1-9(2,3)14-7(11)13-8(12)15-10(4,5)6;1-4-2-3-12(10,11)7-5(4)6(8)9;1-4-7(5-2)6-3;1-2/h2-10,13-18,23,27,30H,11-12,19-22H2,1H3;5-14,18,21,23H,15-17H2,1-4H3;6-7,12H,4-5H2,1-3H3,(H,11,15)(H,13,14);6-8,12H,4-5H2,1-3H3,(H,11,14);1-6H3;4-5,7H,2-3H2,1H3,(H,8,9);4-6H2,1-3H3;1H3/t23-,27+;18-,21+;6-,7-;7-,8+;;4-,5-;;/m1111.1../s1/i;;;;;;;1D. The van der Waals surface area contributed by atoms with E-state index >= 15 is 0 Å². The molecule has 4 fully saturated rings. The molecule has 750 valence electrons. The molecule has 0 unspecified atom stereocenters. The summed E-state index contributed by atoms with van der Waals surface area (Å²) >= 11 is 0. The Balaban J connectivity index is 0.000000547. The normalized spacial score (nSPS) is 20.5. The number of esters is 1. The van der Waals surface area contributed by atoms with Gasteiger partial charge in [0, 0.05) is 25.7 Å². The van der Waals surface area contributed by atoms with Crippen LogP contribution in [0.15, 0.2) is 152 Å². The number of benzene rings is 5. The number of nitrogens with one attached hydrogen (secondary N) is 6. The molecule has 0 aliphatic carbocycles. The monoisotopic (exact) mass is 1970 g/mol. The fourth-order valence-electron chi connectivity index (χ4n) is 13.8. The maximum absolute atomic E-state index is 13.4. The SMILES string of the molecule is CC(C)(C)OC(=O)N[C@@H]1CCS(=O)(=O)N[C@H]1C(=O)O.CC(C)(C)OC(=O)N[C@@H]1CCS(=O)(=O)N[C@H]1C=O.CC(C)(C)OC(=O)OC(=O)OC(C)(C)C.CCN(CC)CC.C[C@@H]1CCS(=O)(=O)N[C@H]1C(=O)O.C[C@@H]1CCS(=O)(=O)N[C@H]1CO[Si](c1ccccc1)(c1ccccc1)C(C)(C)C.C[C@H](CCCO)[C@@H](C(=O)OCc1ccccc1)N(Cc1ccccc1)Cc1ccccc1.[2H]CF. The van der Waals surface area contributed by atoms with Gasteiger partial charge in [0.2, 0.25) is 40.1 Å². The topological polar surface area (TPSA) is 477 Å². The van der Waals surface area contributed by atoms with E-state index in [1.165, 1.54) is 30.0 Å². The van der Waals surface area contributed by atoms with Gasteiger partial charge < -0.3 is 68.5 Å². The van der Waals surface area contributed by atoms with Gasteiger partial charge in [-0.2, -0.15) is 4.72 Å². The molecule has 34 nitrogen and oxygen atoms in total. The second-order valence-electron chi connectivity index (χ2n) is 37.1. The van der Waals surface area contributed by atoms with Crippen LogP contribution in [0.2, 0.25) is 5.04 Å². The van der Waals surface area contributed by atoms with Crippen molar-refractivity contribution in [1.29, 1.82) is 0 Å². The Morgan fingerprint density at radius 2 is 0.872 bits per heavy atom. The molecule has 5 aromatic carbocycles. The number of carboxylic acids is 2. The molecule has 10 atom stereocenters. The zero-order chi connectivity index (χ0) is 102. The zero-order valence-corrected chi connectivity index (χ0v) is 85.1. The molecule has 0 saturated carbocycles. The van der Waals surface area contributed by atoms with Crippen LogP contribution < -0.4 is 39.9 Å². The summed E-state index contributed by atoms with van der Waals surface area (Å²) in [5, 5.41) is 34.1. The third-order valence-electron chi connectivity index (χ3n) is 20.4. The largest absolute Gasteiger partial charge is 0.519 e. The molecule has 2 amide bonds. The average molecular weight is 1970 g/mol. The number of alkyl halides is 1. The first-order chi connectivity index (χ1) is 62.1. The molecule has 4 saturated heterocycles. The molecule has 133 heavy (non-hydrogen) atoms. The summed E-state index contributed by atoms with van der Waals surface area (Å²) < 4.78 is 152. The average Bonchev–Trinajstić information content (AvgIpc) is 0.743. The van der Waals surface area contributed by atoms with Crippen LogP contribution in [0.25, 0.3) is 0 Å². The Labute approximate surface area is 790 Å². The molecule has 5 aromatic rings. The van der Waals surface area contributed by atoms with Crippen molar-refractivity contribution in [2.45, 2.75) is 273 Å². The summed E-state index contributed by atoms with van der Waals surface area (Å²) in [6.45, 7) is 44.9. The predicted molar refractivity (Wildman–Crippen MR) is 513 cm³/mol. The first-order valence-corrected chi connectivity index (χ1v) is 52.6. The number of hydrogen-bond acceptors (Lipinski definition) is 26. The molecule has 4 aliphatic heterocycles. The van der Waals surface area contributed by atoms with E-state index < -0.39 is 151 Å². The molecular weight excluding hydrogens is 1820 g/mol. The Hall–Kier alpha value is -8.91. The van der Waals surface area contributed by atoms with Crippen LogP contribution in [-0.2, 0) is 112 Å². The number of aliphatic carboxylic acids is 2. The van der Waals surface area contributed by atoms with Gasteiger partial charge in [-0.3, -0.25) is 23.7 Å². The van der Waals surface area contributed by atoms with Gasteiger partial charge in [0.25, 0.3) is 8.32 Å². The van der Waals surface area contributed by atoms with E-state index in [1.807, 2.05) is 83.6 Å². The number of sulfonamides is 4. The minimum absolute atomic E-state index is 0.0194. The number of nitrogens with zero attached hydrogens (tertiary/aromatic N) is 2. The number of amides is 2. The van der Waals surface area contributed by atoms with Crippen LogP contribution >= 0.6 is 0 Å². The van der Waals surface area contributed by atoms with Gasteiger partial charge in [-0.1, -0.05) is 214 Å². The molecular formula is C93H147FN8O26S4Si. The Kier molecular flexibility index (Phi) is 50.3. The van der Waals surface area contributed by atoms with Crippen molar-refractivity contribution in [3.63, 3.8) is 0 Å². The summed E-state index contributed by atoms with van der Waals surface area (Å²) in [5.41, 5.74) is 0.530. The lowest BCUT2D eigenvalue weighted by Gasteiger charge is -2.44. The third kappa shape index (κ3) is 47.4. The third-order valence-corrected chi connectivity index (χ3v) is 31.0. The Morgan fingerprint density at radius 3 is 1.23 bits per heavy atom.